The van der Waals surface area contributed by atoms with E-state index in [1.165, 1.54) is 39.5 Å². The van der Waals surface area contributed by atoms with Gasteiger partial charge in [-0.2, -0.15) is 0 Å². The van der Waals surface area contributed by atoms with Gasteiger partial charge in [-0.3, -0.25) is 9.59 Å². The van der Waals surface area contributed by atoms with Gasteiger partial charge in [0.25, 0.3) is 11.8 Å². The molecule has 8 nitrogen and oxygen atoms in total. The van der Waals surface area contributed by atoms with Crippen molar-refractivity contribution >= 4 is 41.1 Å². The number of amides is 4. The minimum absolute atomic E-state index is 0.131. The van der Waals surface area contributed by atoms with Gasteiger partial charge in [-0.25, -0.2) is 27.8 Å². The standard InChI is InChI=1S/C26H23F3N4O4S/c1-26(2)24(35)33(18-12-17(27)22(38-4)21(29)20(18)28)25(36)32(26)13-14-8-9-30-19(10-14)31-23(34)15-6-5-7-16(11-15)37-3/h5-12H,13H2,1-4H3,(H,30,31,34). The summed E-state index contributed by atoms with van der Waals surface area (Å²) in [5, 5.41) is 2.66. The molecule has 4 amide bonds. The number of hydrogen-bond acceptors (Lipinski definition) is 6. The predicted molar refractivity (Wildman–Crippen MR) is 136 cm³/mol. The zero-order valence-corrected chi connectivity index (χ0v) is 21.7. The second kappa shape index (κ2) is 10.4. The molecule has 12 heteroatoms. The van der Waals surface area contributed by atoms with Crippen LogP contribution in [0.4, 0.5) is 29.5 Å². The number of ether oxygens (including phenoxy) is 1. The average Bonchev–Trinajstić information content (AvgIpc) is 3.06. The molecule has 4 rings (SSSR count). The third kappa shape index (κ3) is 4.78. The van der Waals surface area contributed by atoms with E-state index in [9.17, 15) is 27.6 Å². The summed E-state index contributed by atoms with van der Waals surface area (Å²) in [6, 6.07) is 9.29. The summed E-state index contributed by atoms with van der Waals surface area (Å²) in [6.07, 6.45) is 2.79. The third-order valence-electron chi connectivity index (χ3n) is 6.10. The number of nitrogens with zero attached hydrogens (tertiary/aromatic N) is 3. The van der Waals surface area contributed by atoms with E-state index >= 15 is 0 Å². The molecule has 1 fully saturated rings. The number of methoxy groups -OCH3 is 1. The quantitative estimate of drug-likeness (QED) is 0.249. The molecule has 1 N–H and O–H groups in total. The minimum atomic E-state index is -1.50. The van der Waals surface area contributed by atoms with E-state index in [2.05, 4.69) is 10.3 Å². The number of pyridine rings is 1. The van der Waals surface area contributed by atoms with Gasteiger partial charge in [0.1, 0.15) is 22.9 Å². The number of hydrogen-bond donors (Lipinski definition) is 1. The van der Waals surface area contributed by atoms with E-state index in [-0.39, 0.29) is 12.4 Å². The van der Waals surface area contributed by atoms with Crippen molar-refractivity contribution in [2.45, 2.75) is 30.8 Å². The third-order valence-corrected chi connectivity index (χ3v) is 6.89. The molecule has 0 saturated carbocycles. The monoisotopic (exact) mass is 544 g/mol. The number of halogens is 3. The summed E-state index contributed by atoms with van der Waals surface area (Å²) >= 11 is 0.666. The average molecular weight is 545 g/mol. The van der Waals surface area contributed by atoms with Crippen molar-refractivity contribution in [3.63, 3.8) is 0 Å². The maximum Gasteiger partial charge on any atom is 0.332 e. The van der Waals surface area contributed by atoms with Crippen LogP contribution in [-0.2, 0) is 11.3 Å². The van der Waals surface area contributed by atoms with Crippen molar-refractivity contribution in [2.75, 3.05) is 23.6 Å². The van der Waals surface area contributed by atoms with Crippen molar-refractivity contribution in [1.29, 1.82) is 0 Å². The van der Waals surface area contributed by atoms with Crippen LogP contribution in [0.2, 0.25) is 0 Å². The van der Waals surface area contributed by atoms with E-state index in [4.69, 9.17) is 4.74 Å². The zero-order chi connectivity index (χ0) is 27.8. The Morgan fingerprint density at radius 3 is 2.53 bits per heavy atom. The number of carbonyl (C=O) groups is 3. The van der Waals surface area contributed by atoms with Crippen LogP contribution in [-0.4, -0.2) is 46.6 Å². The molecule has 0 radical (unpaired) electrons. The second-order valence-electron chi connectivity index (χ2n) is 8.84. The van der Waals surface area contributed by atoms with Crippen molar-refractivity contribution in [3.05, 3.63) is 77.2 Å². The van der Waals surface area contributed by atoms with Gasteiger partial charge in [0.15, 0.2) is 11.6 Å². The molecule has 2 aromatic carbocycles. The van der Waals surface area contributed by atoms with E-state index in [1.54, 1.807) is 30.3 Å². The van der Waals surface area contributed by atoms with Gasteiger partial charge >= 0.3 is 6.03 Å². The number of carbonyl (C=O) groups excluding carboxylic acids is 3. The highest BCUT2D eigenvalue weighted by Gasteiger charge is 2.52. The largest absolute Gasteiger partial charge is 0.497 e. The molecule has 0 unspecified atom stereocenters. The molecule has 0 bridgehead atoms. The van der Waals surface area contributed by atoms with Crippen molar-refractivity contribution < 1.29 is 32.3 Å². The molecule has 198 valence electrons. The van der Waals surface area contributed by atoms with Gasteiger partial charge in [-0.15, -0.1) is 11.8 Å². The Morgan fingerprint density at radius 1 is 1.11 bits per heavy atom. The SMILES string of the molecule is COc1cccc(C(=O)Nc2cc(CN3C(=O)N(c4cc(F)c(SC)c(F)c4F)C(=O)C3(C)C)ccn2)c1. The number of benzene rings is 2. The number of aromatic nitrogens is 1. The molecule has 1 aliphatic heterocycles. The molecule has 0 aliphatic carbocycles. The fourth-order valence-corrected chi connectivity index (χ4v) is 4.53. The summed E-state index contributed by atoms with van der Waals surface area (Å²) in [6.45, 7) is 2.76. The molecule has 1 saturated heterocycles. The van der Waals surface area contributed by atoms with Crippen LogP contribution in [0.5, 0.6) is 5.75 Å². The first-order valence-corrected chi connectivity index (χ1v) is 12.5. The predicted octanol–water partition coefficient (Wildman–Crippen LogP) is 5.23. The second-order valence-corrected chi connectivity index (χ2v) is 9.66. The Balaban J connectivity index is 1.59. The summed E-state index contributed by atoms with van der Waals surface area (Å²) < 4.78 is 48.8. The normalized spacial score (nSPS) is 14.7. The zero-order valence-electron chi connectivity index (χ0n) is 20.8. The first-order valence-electron chi connectivity index (χ1n) is 11.3. The van der Waals surface area contributed by atoms with Crippen LogP contribution in [0.3, 0.4) is 0 Å². The topological polar surface area (TPSA) is 91.8 Å². The maximum atomic E-state index is 14.8. The highest BCUT2D eigenvalue weighted by Crippen LogP contribution is 2.38. The Morgan fingerprint density at radius 2 is 1.84 bits per heavy atom. The van der Waals surface area contributed by atoms with Gasteiger partial charge < -0.3 is 15.0 Å². The number of urea groups is 1. The van der Waals surface area contributed by atoms with Crippen LogP contribution in [0.25, 0.3) is 0 Å². The fourth-order valence-electron chi connectivity index (χ4n) is 4.01. The molecule has 3 aromatic rings. The van der Waals surface area contributed by atoms with Crippen LogP contribution in [0.1, 0.15) is 29.8 Å². The maximum absolute atomic E-state index is 14.8. The van der Waals surface area contributed by atoms with E-state index in [0.717, 1.165) is 4.90 Å². The summed E-state index contributed by atoms with van der Waals surface area (Å²) in [5.74, 6) is -4.67. The van der Waals surface area contributed by atoms with Crippen molar-refractivity contribution in [3.8, 4) is 5.75 Å². The number of imide groups is 1. The molecule has 38 heavy (non-hydrogen) atoms. The lowest BCUT2D eigenvalue weighted by Crippen LogP contribution is -2.43. The summed E-state index contributed by atoms with van der Waals surface area (Å²) in [5.41, 5.74) is -1.44. The minimum Gasteiger partial charge on any atom is -0.497 e. The van der Waals surface area contributed by atoms with Crippen molar-refractivity contribution in [2.24, 2.45) is 0 Å². The van der Waals surface area contributed by atoms with Crippen LogP contribution >= 0.6 is 11.8 Å². The molecular weight excluding hydrogens is 521 g/mol. The van der Waals surface area contributed by atoms with Crippen LogP contribution in [0.15, 0.2) is 53.6 Å². The molecule has 0 spiro atoms. The molecule has 1 aliphatic rings. The van der Waals surface area contributed by atoms with Gasteiger partial charge in [0.2, 0.25) is 0 Å². The lowest BCUT2D eigenvalue weighted by Gasteiger charge is -2.27. The van der Waals surface area contributed by atoms with Crippen LogP contribution in [0, 0.1) is 17.5 Å². The first-order chi connectivity index (χ1) is 18.0. The van der Waals surface area contributed by atoms with Gasteiger partial charge in [0, 0.05) is 24.4 Å². The Kier molecular flexibility index (Phi) is 7.36. The highest BCUT2D eigenvalue weighted by atomic mass is 32.2. The number of anilines is 2. The van der Waals surface area contributed by atoms with E-state index in [1.807, 2.05) is 0 Å². The summed E-state index contributed by atoms with van der Waals surface area (Å²) in [7, 11) is 1.48. The lowest BCUT2D eigenvalue weighted by atomic mass is 10.0. The van der Waals surface area contributed by atoms with Crippen LogP contribution < -0.4 is 15.0 Å². The lowest BCUT2D eigenvalue weighted by molar-refractivity contribution is -0.123. The number of nitrogens with one attached hydrogen (secondary N) is 1. The van der Waals surface area contributed by atoms with Crippen molar-refractivity contribution in [1.82, 2.24) is 9.88 Å². The molecule has 1 aromatic heterocycles. The highest BCUT2D eigenvalue weighted by molar-refractivity contribution is 7.98. The molecule has 0 atom stereocenters. The number of rotatable bonds is 7. The number of thioether (sulfide) groups is 1. The Hall–Kier alpha value is -4.06. The van der Waals surface area contributed by atoms with Gasteiger partial charge in [0.05, 0.1) is 17.7 Å². The molecule has 2 heterocycles. The fraction of sp³-hybridized carbons (Fsp3) is 0.231. The van der Waals surface area contributed by atoms with Gasteiger partial charge in [-0.05, 0) is 56.0 Å². The van der Waals surface area contributed by atoms with E-state index in [0.29, 0.717) is 39.6 Å². The summed E-state index contributed by atoms with van der Waals surface area (Å²) in [4.78, 5) is 44.3. The Bertz CT molecular complexity index is 1450. The van der Waals surface area contributed by atoms with E-state index < -0.39 is 51.4 Å². The van der Waals surface area contributed by atoms with Gasteiger partial charge in [-0.1, -0.05) is 6.07 Å². The molecular formula is C26H23F3N4O4S. The Labute approximate surface area is 220 Å². The smallest absolute Gasteiger partial charge is 0.332 e. The first kappa shape index (κ1) is 27.0.